The van der Waals surface area contributed by atoms with Gasteiger partial charge in [-0.3, -0.25) is 0 Å². The van der Waals surface area contributed by atoms with Crippen LogP contribution in [-0.4, -0.2) is 18.3 Å². The lowest BCUT2D eigenvalue weighted by molar-refractivity contribution is 0.282. The lowest BCUT2D eigenvalue weighted by atomic mass is 10.2. The zero-order valence-corrected chi connectivity index (χ0v) is 10.6. The van der Waals surface area contributed by atoms with Gasteiger partial charge in [0.15, 0.2) is 0 Å². The van der Waals surface area contributed by atoms with Gasteiger partial charge in [0.1, 0.15) is 11.5 Å². The Morgan fingerprint density at radius 1 is 1.35 bits per heavy atom. The van der Waals surface area contributed by atoms with Crippen LogP contribution in [0.5, 0.6) is 0 Å². The van der Waals surface area contributed by atoms with E-state index in [0.717, 1.165) is 49.8 Å². The molecule has 1 aliphatic carbocycles. The van der Waals surface area contributed by atoms with Gasteiger partial charge in [0.25, 0.3) is 0 Å². The molecule has 1 heterocycles. The highest BCUT2D eigenvalue weighted by molar-refractivity contribution is 5.17. The number of rotatable bonds is 8. The van der Waals surface area contributed by atoms with E-state index in [1.54, 1.807) is 0 Å². The summed E-state index contributed by atoms with van der Waals surface area (Å²) in [7, 11) is 0. The minimum absolute atomic E-state index is 0.307. The minimum Gasteiger partial charge on any atom is -0.464 e. The molecule has 0 amide bonds. The third kappa shape index (κ3) is 3.86. The van der Waals surface area contributed by atoms with Crippen molar-refractivity contribution in [3.05, 3.63) is 23.7 Å². The molecule has 1 fully saturated rings. The summed E-state index contributed by atoms with van der Waals surface area (Å²) in [5.41, 5.74) is 0. The minimum atomic E-state index is 0.307. The van der Waals surface area contributed by atoms with Crippen LogP contribution in [0.3, 0.4) is 0 Å². The van der Waals surface area contributed by atoms with Crippen LogP contribution < -0.4 is 5.32 Å². The summed E-state index contributed by atoms with van der Waals surface area (Å²) < 4.78 is 5.80. The Balaban J connectivity index is 1.61. The third-order valence-corrected chi connectivity index (χ3v) is 3.47. The fraction of sp³-hybridized carbons (Fsp3) is 0.714. The van der Waals surface area contributed by atoms with Crippen molar-refractivity contribution in [2.24, 2.45) is 5.92 Å². The maximum absolute atomic E-state index is 8.65. The van der Waals surface area contributed by atoms with Gasteiger partial charge in [-0.1, -0.05) is 6.92 Å². The van der Waals surface area contributed by atoms with Gasteiger partial charge in [-0.2, -0.15) is 0 Å². The number of aliphatic hydroxyl groups excluding tert-OH is 1. The Kier molecular flexibility index (Phi) is 4.63. The van der Waals surface area contributed by atoms with Gasteiger partial charge in [0, 0.05) is 12.5 Å². The monoisotopic (exact) mass is 237 g/mol. The molecule has 0 aliphatic heterocycles. The van der Waals surface area contributed by atoms with Gasteiger partial charge in [-0.15, -0.1) is 0 Å². The van der Waals surface area contributed by atoms with Gasteiger partial charge in [-0.25, -0.2) is 0 Å². The van der Waals surface area contributed by atoms with Crippen molar-refractivity contribution in [1.29, 1.82) is 0 Å². The third-order valence-electron chi connectivity index (χ3n) is 3.47. The average Bonchev–Trinajstić information content (AvgIpc) is 2.89. The van der Waals surface area contributed by atoms with Crippen LogP contribution in [0.4, 0.5) is 0 Å². The second kappa shape index (κ2) is 6.22. The molecule has 3 heteroatoms. The molecular weight excluding hydrogens is 214 g/mol. The van der Waals surface area contributed by atoms with E-state index in [9.17, 15) is 0 Å². The number of nitrogens with one attached hydrogen (secondary N) is 1. The molecule has 0 radical (unpaired) electrons. The van der Waals surface area contributed by atoms with Gasteiger partial charge >= 0.3 is 0 Å². The summed E-state index contributed by atoms with van der Waals surface area (Å²) in [6.07, 6.45) is 4.40. The van der Waals surface area contributed by atoms with Crippen molar-refractivity contribution < 1.29 is 9.52 Å². The lowest BCUT2D eigenvalue weighted by Gasteiger charge is -2.02. The second-order valence-electron chi connectivity index (χ2n) is 5.08. The van der Waals surface area contributed by atoms with Crippen molar-refractivity contribution in [2.75, 3.05) is 13.2 Å². The first-order valence-electron chi connectivity index (χ1n) is 6.71. The molecule has 2 atom stereocenters. The van der Waals surface area contributed by atoms with E-state index in [1.807, 2.05) is 0 Å². The van der Waals surface area contributed by atoms with Crippen molar-refractivity contribution in [1.82, 2.24) is 5.32 Å². The van der Waals surface area contributed by atoms with E-state index in [-0.39, 0.29) is 0 Å². The molecule has 0 bridgehead atoms. The topological polar surface area (TPSA) is 45.4 Å². The van der Waals surface area contributed by atoms with Crippen molar-refractivity contribution in [3.8, 4) is 0 Å². The predicted octanol–water partition coefficient (Wildman–Crippen LogP) is 2.66. The zero-order chi connectivity index (χ0) is 12.1. The molecule has 17 heavy (non-hydrogen) atoms. The highest BCUT2D eigenvalue weighted by Crippen LogP contribution is 2.47. The van der Waals surface area contributed by atoms with Crippen molar-refractivity contribution >= 4 is 0 Å². The standard InChI is InChI=1S/C14H23NO2/c1-11-9-13(11)14-6-5-12(17-14)10-15-7-3-2-4-8-16/h5-6,11,13,15-16H,2-4,7-10H2,1H3. The predicted molar refractivity (Wildman–Crippen MR) is 67.9 cm³/mol. The molecule has 96 valence electrons. The summed E-state index contributed by atoms with van der Waals surface area (Å²) in [6, 6.07) is 4.21. The summed E-state index contributed by atoms with van der Waals surface area (Å²) >= 11 is 0. The van der Waals surface area contributed by atoms with Crippen LogP contribution >= 0.6 is 0 Å². The van der Waals surface area contributed by atoms with Crippen LogP contribution in [0.15, 0.2) is 16.5 Å². The maximum atomic E-state index is 8.65. The first-order valence-corrected chi connectivity index (χ1v) is 6.71. The van der Waals surface area contributed by atoms with Crippen LogP contribution in [0.2, 0.25) is 0 Å². The van der Waals surface area contributed by atoms with Gasteiger partial charge in [0.05, 0.1) is 6.54 Å². The Bertz CT molecular complexity index is 335. The molecule has 0 spiro atoms. The fourth-order valence-electron chi connectivity index (χ4n) is 2.16. The number of furan rings is 1. The number of hydrogen-bond acceptors (Lipinski definition) is 3. The molecule has 2 unspecified atom stereocenters. The van der Waals surface area contributed by atoms with E-state index in [2.05, 4.69) is 24.4 Å². The van der Waals surface area contributed by atoms with E-state index < -0.39 is 0 Å². The van der Waals surface area contributed by atoms with E-state index in [4.69, 9.17) is 9.52 Å². The molecular formula is C14H23NO2. The molecule has 1 aliphatic rings. The fourth-order valence-corrected chi connectivity index (χ4v) is 2.16. The smallest absolute Gasteiger partial charge is 0.117 e. The Morgan fingerprint density at radius 3 is 2.88 bits per heavy atom. The maximum Gasteiger partial charge on any atom is 0.117 e. The zero-order valence-electron chi connectivity index (χ0n) is 10.6. The molecule has 1 aromatic heterocycles. The summed E-state index contributed by atoms with van der Waals surface area (Å²) in [5.74, 6) is 3.68. The molecule has 1 saturated carbocycles. The normalized spacial score (nSPS) is 22.9. The van der Waals surface area contributed by atoms with Crippen molar-refractivity contribution in [3.63, 3.8) is 0 Å². The van der Waals surface area contributed by atoms with E-state index in [1.165, 1.54) is 6.42 Å². The highest BCUT2D eigenvalue weighted by atomic mass is 16.3. The van der Waals surface area contributed by atoms with Crippen LogP contribution in [-0.2, 0) is 6.54 Å². The molecule has 1 aromatic rings. The highest BCUT2D eigenvalue weighted by Gasteiger charge is 2.36. The number of hydrogen-bond donors (Lipinski definition) is 2. The van der Waals surface area contributed by atoms with E-state index in [0.29, 0.717) is 12.5 Å². The molecule has 2 N–H and O–H groups in total. The largest absolute Gasteiger partial charge is 0.464 e. The van der Waals surface area contributed by atoms with E-state index >= 15 is 0 Å². The second-order valence-corrected chi connectivity index (χ2v) is 5.08. The number of unbranched alkanes of at least 4 members (excludes halogenated alkanes) is 2. The lowest BCUT2D eigenvalue weighted by Crippen LogP contribution is -2.14. The van der Waals surface area contributed by atoms with Crippen LogP contribution in [0.1, 0.15) is 50.0 Å². The molecule has 0 aromatic carbocycles. The first kappa shape index (κ1) is 12.7. The van der Waals surface area contributed by atoms with Gasteiger partial charge in [-0.05, 0) is 50.3 Å². The van der Waals surface area contributed by atoms with Crippen molar-refractivity contribution in [2.45, 2.75) is 45.1 Å². The first-order chi connectivity index (χ1) is 8.31. The van der Waals surface area contributed by atoms with Crippen LogP contribution in [0, 0.1) is 5.92 Å². The summed E-state index contributed by atoms with van der Waals surface area (Å²) in [6.45, 7) is 4.39. The summed E-state index contributed by atoms with van der Waals surface area (Å²) in [4.78, 5) is 0. The molecule has 3 nitrogen and oxygen atoms in total. The van der Waals surface area contributed by atoms with Crippen LogP contribution in [0.25, 0.3) is 0 Å². The summed E-state index contributed by atoms with van der Waals surface area (Å²) in [5, 5.41) is 12.0. The SMILES string of the molecule is CC1CC1c1ccc(CNCCCCCO)o1. The quantitative estimate of drug-likeness (QED) is 0.683. The Morgan fingerprint density at radius 2 is 2.18 bits per heavy atom. The van der Waals surface area contributed by atoms with Gasteiger partial charge < -0.3 is 14.8 Å². The number of aliphatic hydroxyl groups is 1. The van der Waals surface area contributed by atoms with Gasteiger partial charge in [0.2, 0.25) is 0 Å². The Labute approximate surface area is 103 Å². The molecule has 0 saturated heterocycles. The molecule has 2 rings (SSSR count). The Hall–Kier alpha value is -0.800. The average molecular weight is 237 g/mol.